The molecule has 27 heavy (non-hydrogen) atoms. The number of phenols is 1. The molecule has 5 nitrogen and oxygen atoms in total. The molecule has 0 amide bonds. The molecule has 0 saturated carbocycles. The second-order valence-corrected chi connectivity index (χ2v) is 7.05. The van der Waals surface area contributed by atoms with Gasteiger partial charge >= 0.3 is 0 Å². The van der Waals surface area contributed by atoms with Crippen LogP contribution in [0.15, 0.2) is 48.7 Å². The highest BCUT2D eigenvalue weighted by molar-refractivity contribution is 5.93. The first-order valence-corrected chi connectivity index (χ1v) is 9.47. The summed E-state index contributed by atoms with van der Waals surface area (Å²) in [4.78, 5) is 6.84. The Bertz CT molecular complexity index is 936. The molecule has 0 radical (unpaired) electrons. The van der Waals surface area contributed by atoms with E-state index in [1.54, 1.807) is 19.4 Å². The number of likely N-dealkylation sites (tertiary alicyclic amines) is 1. The first-order chi connectivity index (χ1) is 13.2. The highest BCUT2D eigenvalue weighted by Crippen LogP contribution is 2.30. The number of fused-ring (bicyclic) bond motifs is 1. The molecule has 0 spiro atoms. The van der Waals surface area contributed by atoms with Crippen LogP contribution < -0.4 is 10.1 Å². The number of phenolic OH excluding ortho intramolecular Hbond substituents is 1. The lowest BCUT2D eigenvalue weighted by Gasteiger charge is -2.26. The van der Waals surface area contributed by atoms with Crippen molar-refractivity contribution in [2.24, 2.45) is 0 Å². The summed E-state index contributed by atoms with van der Waals surface area (Å²) in [5.74, 6) is 1.16. The fraction of sp³-hybridized carbons (Fsp3) is 0.318. The van der Waals surface area contributed by atoms with Crippen molar-refractivity contribution in [2.75, 3.05) is 25.5 Å². The van der Waals surface area contributed by atoms with Crippen LogP contribution in [0, 0.1) is 0 Å². The molecule has 1 aliphatic rings. The summed E-state index contributed by atoms with van der Waals surface area (Å²) in [6, 6.07) is 13.5. The van der Waals surface area contributed by atoms with Gasteiger partial charge in [-0.3, -0.25) is 9.88 Å². The number of hydrogen-bond donors (Lipinski definition) is 2. The SMILES string of the molecule is COc1ccc2nccc(Nc3ccc(O)c(CN4CCCCC4)c3)c2c1. The third-order valence-corrected chi connectivity index (χ3v) is 5.15. The van der Waals surface area contributed by atoms with Crippen LogP contribution in [0.4, 0.5) is 11.4 Å². The molecule has 5 heteroatoms. The van der Waals surface area contributed by atoms with Crippen molar-refractivity contribution in [3.8, 4) is 11.5 Å². The minimum Gasteiger partial charge on any atom is -0.508 e. The average Bonchev–Trinajstić information content (AvgIpc) is 2.71. The molecule has 1 saturated heterocycles. The van der Waals surface area contributed by atoms with Gasteiger partial charge in [0.1, 0.15) is 11.5 Å². The van der Waals surface area contributed by atoms with Crippen LogP contribution in [0.5, 0.6) is 11.5 Å². The van der Waals surface area contributed by atoms with Gasteiger partial charge in [-0.05, 0) is 68.4 Å². The maximum absolute atomic E-state index is 10.3. The Hall–Kier alpha value is -2.79. The van der Waals surface area contributed by atoms with Crippen molar-refractivity contribution in [1.29, 1.82) is 0 Å². The first-order valence-electron chi connectivity index (χ1n) is 9.47. The summed E-state index contributed by atoms with van der Waals surface area (Å²) < 4.78 is 5.35. The van der Waals surface area contributed by atoms with Gasteiger partial charge in [0.05, 0.1) is 12.6 Å². The second kappa shape index (κ2) is 7.84. The van der Waals surface area contributed by atoms with E-state index in [1.165, 1.54) is 19.3 Å². The number of nitrogens with zero attached hydrogens (tertiary/aromatic N) is 2. The van der Waals surface area contributed by atoms with E-state index in [4.69, 9.17) is 4.74 Å². The highest BCUT2D eigenvalue weighted by atomic mass is 16.5. The van der Waals surface area contributed by atoms with E-state index in [0.717, 1.165) is 53.2 Å². The average molecular weight is 363 g/mol. The topological polar surface area (TPSA) is 57.6 Å². The Morgan fingerprint density at radius 1 is 1.07 bits per heavy atom. The van der Waals surface area contributed by atoms with E-state index in [9.17, 15) is 5.11 Å². The van der Waals surface area contributed by atoms with Gasteiger partial charge in [0.2, 0.25) is 0 Å². The molecule has 0 atom stereocenters. The molecule has 1 aromatic heterocycles. The van der Waals surface area contributed by atoms with E-state index < -0.39 is 0 Å². The quantitative estimate of drug-likeness (QED) is 0.645. The molecular weight excluding hydrogens is 338 g/mol. The Labute approximate surface area is 159 Å². The fourth-order valence-electron chi connectivity index (χ4n) is 3.67. The van der Waals surface area contributed by atoms with E-state index >= 15 is 0 Å². The van der Waals surface area contributed by atoms with Crippen LogP contribution in [0.1, 0.15) is 24.8 Å². The molecule has 140 valence electrons. The minimum absolute atomic E-state index is 0.354. The van der Waals surface area contributed by atoms with Crippen LogP contribution in [-0.4, -0.2) is 35.2 Å². The van der Waals surface area contributed by atoms with Gasteiger partial charge in [-0.2, -0.15) is 0 Å². The molecule has 0 unspecified atom stereocenters. The predicted octanol–water partition coefficient (Wildman–Crippen LogP) is 4.68. The van der Waals surface area contributed by atoms with E-state index in [0.29, 0.717) is 5.75 Å². The number of pyridine rings is 1. The zero-order chi connectivity index (χ0) is 18.6. The van der Waals surface area contributed by atoms with Gasteiger partial charge in [0.15, 0.2) is 0 Å². The molecule has 1 fully saturated rings. The summed E-state index contributed by atoms with van der Waals surface area (Å²) in [5, 5.41) is 14.8. The van der Waals surface area contributed by atoms with Crippen LogP contribution >= 0.6 is 0 Å². The van der Waals surface area contributed by atoms with Crippen molar-refractivity contribution in [2.45, 2.75) is 25.8 Å². The van der Waals surface area contributed by atoms with E-state index in [2.05, 4.69) is 15.2 Å². The minimum atomic E-state index is 0.354. The van der Waals surface area contributed by atoms with Crippen molar-refractivity contribution in [1.82, 2.24) is 9.88 Å². The lowest BCUT2D eigenvalue weighted by molar-refractivity contribution is 0.218. The Morgan fingerprint density at radius 3 is 2.74 bits per heavy atom. The third-order valence-electron chi connectivity index (χ3n) is 5.15. The number of anilines is 2. The number of aromatic nitrogens is 1. The Balaban J connectivity index is 1.61. The Kier molecular flexibility index (Phi) is 5.12. The maximum Gasteiger partial charge on any atom is 0.120 e. The number of benzene rings is 2. The molecule has 3 aromatic rings. The van der Waals surface area contributed by atoms with Crippen molar-refractivity contribution < 1.29 is 9.84 Å². The second-order valence-electron chi connectivity index (χ2n) is 7.05. The number of piperidine rings is 1. The van der Waals surface area contributed by atoms with Crippen LogP contribution in [-0.2, 0) is 6.54 Å². The zero-order valence-electron chi connectivity index (χ0n) is 15.6. The molecule has 2 N–H and O–H groups in total. The molecule has 0 aliphatic carbocycles. The number of nitrogens with one attached hydrogen (secondary N) is 1. The largest absolute Gasteiger partial charge is 0.508 e. The van der Waals surface area contributed by atoms with Gasteiger partial charge in [0, 0.05) is 35.1 Å². The monoisotopic (exact) mass is 363 g/mol. The first kappa shape index (κ1) is 17.6. The van der Waals surface area contributed by atoms with Gasteiger partial charge in [-0.1, -0.05) is 6.42 Å². The lowest BCUT2D eigenvalue weighted by atomic mass is 10.1. The number of rotatable bonds is 5. The van der Waals surface area contributed by atoms with Crippen molar-refractivity contribution in [3.05, 3.63) is 54.2 Å². The third kappa shape index (κ3) is 3.98. The van der Waals surface area contributed by atoms with Gasteiger partial charge < -0.3 is 15.2 Å². The smallest absolute Gasteiger partial charge is 0.120 e. The zero-order valence-corrected chi connectivity index (χ0v) is 15.6. The predicted molar refractivity (Wildman–Crippen MR) is 109 cm³/mol. The van der Waals surface area contributed by atoms with E-state index in [1.807, 2.05) is 36.4 Å². The molecule has 1 aliphatic heterocycles. The number of aromatic hydroxyl groups is 1. The van der Waals surface area contributed by atoms with Crippen LogP contribution in [0.3, 0.4) is 0 Å². The molecule has 0 bridgehead atoms. The van der Waals surface area contributed by atoms with Crippen molar-refractivity contribution >= 4 is 22.3 Å². The summed E-state index contributed by atoms with van der Waals surface area (Å²) in [7, 11) is 1.66. The maximum atomic E-state index is 10.3. The van der Waals surface area contributed by atoms with Crippen molar-refractivity contribution in [3.63, 3.8) is 0 Å². The normalized spacial score (nSPS) is 15.0. The number of hydrogen-bond acceptors (Lipinski definition) is 5. The van der Waals surface area contributed by atoms with Gasteiger partial charge in [-0.25, -0.2) is 0 Å². The fourth-order valence-corrected chi connectivity index (χ4v) is 3.67. The molecule has 2 heterocycles. The van der Waals surface area contributed by atoms with Gasteiger partial charge in [0.25, 0.3) is 0 Å². The summed E-state index contributed by atoms with van der Waals surface area (Å²) in [6.07, 6.45) is 5.59. The Morgan fingerprint density at radius 2 is 1.93 bits per heavy atom. The van der Waals surface area contributed by atoms with Crippen LogP contribution in [0.25, 0.3) is 10.9 Å². The van der Waals surface area contributed by atoms with Crippen LogP contribution in [0.2, 0.25) is 0 Å². The number of methoxy groups -OCH3 is 1. The molecular formula is C22H25N3O2. The standard InChI is InChI=1S/C22H25N3O2/c1-27-18-6-7-20-19(14-18)21(9-10-23-20)24-17-5-8-22(26)16(13-17)15-25-11-3-2-4-12-25/h5-10,13-14,26H,2-4,11-12,15H2,1H3,(H,23,24). The summed E-state index contributed by atoms with van der Waals surface area (Å²) in [6.45, 7) is 2.99. The summed E-state index contributed by atoms with van der Waals surface area (Å²) in [5.41, 5.74) is 3.79. The van der Waals surface area contributed by atoms with E-state index in [-0.39, 0.29) is 0 Å². The highest BCUT2D eigenvalue weighted by Gasteiger charge is 2.13. The lowest BCUT2D eigenvalue weighted by Crippen LogP contribution is -2.29. The number of ether oxygens (including phenoxy) is 1. The molecule has 4 rings (SSSR count). The van der Waals surface area contributed by atoms with Gasteiger partial charge in [-0.15, -0.1) is 0 Å². The molecule has 2 aromatic carbocycles. The summed E-state index contributed by atoms with van der Waals surface area (Å²) >= 11 is 0.